The van der Waals surface area contributed by atoms with Gasteiger partial charge < -0.3 is 10.2 Å². The summed E-state index contributed by atoms with van der Waals surface area (Å²) in [6.45, 7) is 5.43. The molecular weight excluding hydrogens is 332 g/mol. The fraction of sp³-hybridized carbons (Fsp3) is 0.375. The molecule has 1 aromatic carbocycles. The van der Waals surface area contributed by atoms with Crippen molar-refractivity contribution in [2.24, 2.45) is 0 Å². The monoisotopic (exact) mass is 350 g/mol. The van der Waals surface area contributed by atoms with Crippen LogP contribution in [0.15, 0.2) is 35.8 Å². The van der Waals surface area contributed by atoms with Crippen LogP contribution in [-0.4, -0.2) is 48.0 Å². The minimum atomic E-state index is -0.174. The molecule has 0 aliphatic carbocycles. The summed E-state index contributed by atoms with van der Waals surface area (Å²) in [5.41, 5.74) is 0.732. The van der Waals surface area contributed by atoms with E-state index in [-0.39, 0.29) is 11.9 Å². The molecule has 0 bridgehead atoms. The predicted molar refractivity (Wildman–Crippen MR) is 95.4 cm³/mol. The van der Waals surface area contributed by atoms with E-state index in [9.17, 15) is 4.79 Å². The van der Waals surface area contributed by atoms with Crippen molar-refractivity contribution in [3.05, 3.63) is 40.9 Å². The van der Waals surface area contributed by atoms with Crippen LogP contribution in [0, 0.1) is 0 Å². The van der Waals surface area contributed by atoms with Gasteiger partial charge >= 0.3 is 0 Å². The Balaban J connectivity index is 1.54. The van der Waals surface area contributed by atoms with Crippen LogP contribution in [0.1, 0.15) is 6.92 Å². The second-order valence-corrected chi connectivity index (χ2v) is 6.82. The van der Waals surface area contributed by atoms with E-state index in [1.807, 2.05) is 30.6 Å². The number of carbonyl (C=O) groups is 1. The lowest BCUT2D eigenvalue weighted by atomic mass is 10.2. The Labute approximate surface area is 144 Å². The summed E-state index contributed by atoms with van der Waals surface area (Å²) in [4.78, 5) is 21.2. The van der Waals surface area contributed by atoms with E-state index in [0.29, 0.717) is 5.02 Å². The number of nitrogens with one attached hydrogen (secondary N) is 1. The first-order chi connectivity index (χ1) is 11.1. The first kappa shape index (κ1) is 16.2. The summed E-state index contributed by atoms with van der Waals surface area (Å²) in [6.07, 6.45) is 1.83. The van der Waals surface area contributed by atoms with E-state index in [0.717, 1.165) is 37.0 Å². The Hall–Kier alpha value is -1.63. The lowest BCUT2D eigenvalue weighted by Gasteiger charge is -2.37. The van der Waals surface area contributed by atoms with Crippen molar-refractivity contribution >= 4 is 39.7 Å². The first-order valence-electron chi connectivity index (χ1n) is 7.58. The van der Waals surface area contributed by atoms with E-state index in [1.54, 1.807) is 23.5 Å². The highest BCUT2D eigenvalue weighted by Gasteiger charge is 2.26. The predicted octanol–water partition coefficient (Wildman–Crippen LogP) is 2.95. The molecule has 7 heteroatoms. The molecule has 2 heterocycles. The summed E-state index contributed by atoms with van der Waals surface area (Å²) < 4.78 is 0. The summed E-state index contributed by atoms with van der Waals surface area (Å²) >= 11 is 7.60. The number of nitrogens with zero attached hydrogens (tertiary/aromatic N) is 3. The molecule has 1 atom stereocenters. The van der Waals surface area contributed by atoms with E-state index in [4.69, 9.17) is 11.6 Å². The Morgan fingerprint density at radius 3 is 2.78 bits per heavy atom. The number of benzene rings is 1. The van der Waals surface area contributed by atoms with Crippen LogP contribution in [-0.2, 0) is 4.79 Å². The van der Waals surface area contributed by atoms with Crippen molar-refractivity contribution in [3.8, 4) is 0 Å². The molecule has 5 nitrogen and oxygen atoms in total. The van der Waals surface area contributed by atoms with Crippen LogP contribution in [0.5, 0.6) is 0 Å². The Morgan fingerprint density at radius 1 is 1.35 bits per heavy atom. The van der Waals surface area contributed by atoms with Gasteiger partial charge in [0, 0.05) is 48.5 Å². The lowest BCUT2D eigenvalue weighted by Crippen LogP contribution is -2.52. The quantitative estimate of drug-likeness (QED) is 0.921. The smallest absolute Gasteiger partial charge is 0.241 e. The molecule has 1 aromatic heterocycles. The standard InChI is InChI=1S/C16H19ClN4OS/c1-12(15(22)19-14-4-2-3-13(17)11-14)20-6-8-21(9-7-20)16-18-5-10-23-16/h2-5,10-12H,6-9H2,1H3,(H,19,22). The summed E-state index contributed by atoms with van der Waals surface area (Å²) in [6, 6.07) is 7.05. The summed E-state index contributed by atoms with van der Waals surface area (Å²) in [7, 11) is 0. The number of halogens is 1. The molecule has 1 saturated heterocycles. The Bertz CT molecular complexity index is 656. The molecular formula is C16H19ClN4OS. The topological polar surface area (TPSA) is 48.5 Å². The highest BCUT2D eigenvalue weighted by atomic mass is 35.5. The Morgan fingerprint density at radius 2 is 2.13 bits per heavy atom. The van der Waals surface area contributed by atoms with E-state index in [1.165, 1.54) is 0 Å². The molecule has 0 spiro atoms. The van der Waals surface area contributed by atoms with E-state index >= 15 is 0 Å². The molecule has 1 N–H and O–H groups in total. The fourth-order valence-corrected chi connectivity index (χ4v) is 3.54. The molecule has 1 aliphatic rings. The maximum atomic E-state index is 12.4. The van der Waals surface area contributed by atoms with Crippen molar-refractivity contribution in [1.29, 1.82) is 0 Å². The lowest BCUT2D eigenvalue weighted by molar-refractivity contribution is -0.120. The van der Waals surface area contributed by atoms with Gasteiger partial charge in [-0.05, 0) is 25.1 Å². The van der Waals surface area contributed by atoms with E-state index < -0.39 is 0 Å². The number of rotatable bonds is 4. The van der Waals surface area contributed by atoms with Crippen LogP contribution >= 0.6 is 22.9 Å². The van der Waals surface area contributed by atoms with Gasteiger partial charge in [-0.2, -0.15) is 0 Å². The molecule has 3 rings (SSSR count). The SMILES string of the molecule is CC(C(=O)Nc1cccc(Cl)c1)N1CCN(c2nccs2)CC1. The molecule has 0 saturated carbocycles. The molecule has 1 amide bonds. The van der Waals surface area contributed by atoms with Crippen LogP contribution < -0.4 is 10.2 Å². The third kappa shape index (κ3) is 4.02. The zero-order valence-electron chi connectivity index (χ0n) is 12.9. The first-order valence-corrected chi connectivity index (χ1v) is 8.84. The third-order valence-electron chi connectivity index (χ3n) is 4.02. The molecule has 1 aliphatic heterocycles. The number of thiazole rings is 1. The highest BCUT2D eigenvalue weighted by molar-refractivity contribution is 7.13. The number of anilines is 2. The number of hydrogen-bond acceptors (Lipinski definition) is 5. The number of piperazine rings is 1. The molecule has 1 fully saturated rings. The van der Waals surface area contributed by atoms with Crippen LogP contribution in [0.4, 0.5) is 10.8 Å². The molecule has 0 radical (unpaired) electrons. The highest BCUT2D eigenvalue weighted by Crippen LogP contribution is 2.20. The Kier molecular flexibility index (Phi) is 5.15. The van der Waals surface area contributed by atoms with Gasteiger partial charge in [0.05, 0.1) is 6.04 Å². The number of carbonyl (C=O) groups excluding carboxylic acids is 1. The van der Waals surface area contributed by atoms with Crippen molar-refractivity contribution in [3.63, 3.8) is 0 Å². The van der Waals surface area contributed by atoms with Gasteiger partial charge in [0.15, 0.2) is 5.13 Å². The minimum absolute atomic E-state index is 0.00466. The van der Waals surface area contributed by atoms with Crippen molar-refractivity contribution in [2.45, 2.75) is 13.0 Å². The van der Waals surface area contributed by atoms with Gasteiger partial charge in [0.25, 0.3) is 0 Å². The number of aromatic nitrogens is 1. The molecule has 23 heavy (non-hydrogen) atoms. The van der Waals surface area contributed by atoms with Gasteiger partial charge in [0.2, 0.25) is 5.91 Å². The maximum absolute atomic E-state index is 12.4. The normalized spacial score (nSPS) is 17.0. The second-order valence-electron chi connectivity index (χ2n) is 5.51. The number of hydrogen-bond donors (Lipinski definition) is 1. The average molecular weight is 351 g/mol. The van der Waals surface area contributed by atoms with Gasteiger partial charge in [-0.15, -0.1) is 11.3 Å². The fourth-order valence-electron chi connectivity index (χ4n) is 2.65. The average Bonchev–Trinajstić information content (AvgIpc) is 3.09. The van der Waals surface area contributed by atoms with Crippen LogP contribution in [0.2, 0.25) is 5.02 Å². The molecule has 2 aromatic rings. The molecule has 1 unspecified atom stereocenters. The van der Waals surface area contributed by atoms with Crippen LogP contribution in [0.25, 0.3) is 0 Å². The van der Waals surface area contributed by atoms with Crippen molar-refractivity contribution < 1.29 is 4.79 Å². The summed E-state index contributed by atoms with van der Waals surface area (Å²) in [5, 5.41) is 6.59. The van der Waals surface area contributed by atoms with Crippen molar-refractivity contribution in [1.82, 2.24) is 9.88 Å². The van der Waals surface area contributed by atoms with Gasteiger partial charge in [-0.1, -0.05) is 17.7 Å². The number of amides is 1. The van der Waals surface area contributed by atoms with Crippen LogP contribution in [0.3, 0.4) is 0 Å². The zero-order chi connectivity index (χ0) is 16.2. The van der Waals surface area contributed by atoms with Gasteiger partial charge in [-0.25, -0.2) is 4.98 Å². The maximum Gasteiger partial charge on any atom is 0.241 e. The largest absolute Gasteiger partial charge is 0.346 e. The van der Waals surface area contributed by atoms with Gasteiger partial charge in [0.1, 0.15) is 0 Å². The third-order valence-corrected chi connectivity index (χ3v) is 5.09. The zero-order valence-corrected chi connectivity index (χ0v) is 14.5. The van der Waals surface area contributed by atoms with E-state index in [2.05, 4.69) is 20.1 Å². The summed E-state index contributed by atoms with van der Waals surface area (Å²) in [5.74, 6) is -0.00466. The minimum Gasteiger partial charge on any atom is -0.346 e. The van der Waals surface area contributed by atoms with Gasteiger partial charge in [-0.3, -0.25) is 9.69 Å². The second kappa shape index (κ2) is 7.29. The van der Waals surface area contributed by atoms with Crippen molar-refractivity contribution in [2.75, 3.05) is 36.4 Å². The molecule has 122 valence electrons.